The van der Waals surface area contributed by atoms with E-state index >= 15 is 0 Å². The average Bonchev–Trinajstić information content (AvgIpc) is 2.70. The van der Waals surface area contributed by atoms with Gasteiger partial charge in [0.2, 0.25) is 0 Å². The van der Waals surface area contributed by atoms with Gasteiger partial charge in [0.1, 0.15) is 0 Å². The fourth-order valence-electron chi connectivity index (χ4n) is 2.65. The Kier molecular flexibility index (Phi) is 1.84. The molecule has 0 bridgehead atoms. The van der Waals surface area contributed by atoms with Gasteiger partial charge in [-0.3, -0.25) is 0 Å². The third-order valence-corrected chi connectivity index (χ3v) is 3.40. The van der Waals surface area contributed by atoms with E-state index in [0.29, 0.717) is 5.92 Å². The van der Waals surface area contributed by atoms with Crippen LogP contribution in [0, 0.1) is 11.3 Å². The molecule has 0 N–H and O–H groups in total. The Labute approximate surface area is 94.6 Å². The number of hydrogen-bond acceptors (Lipinski definition) is 1. The third kappa shape index (κ3) is 1.05. The van der Waals surface area contributed by atoms with Crippen LogP contribution in [0.3, 0.4) is 0 Å². The molecule has 0 heterocycles. The van der Waals surface area contributed by atoms with E-state index in [9.17, 15) is 0 Å². The maximum absolute atomic E-state index is 9.09. The van der Waals surface area contributed by atoms with Crippen molar-refractivity contribution in [1.82, 2.24) is 0 Å². The third-order valence-electron chi connectivity index (χ3n) is 3.40. The minimum absolute atomic E-state index is 0.410. The number of nitriles is 1. The monoisotopic (exact) mass is 205 g/mol. The van der Waals surface area contributed by atoms with Crippen molar-refractivity contribution in [3.8, 4) is 6.07 Å². The molecule has 76 valence electrons. The molecule has 1 aliphatic carbocycles. The summed E-state index contributed by atoms with van der Waals surface area (Å²) < 4.78 is 0. The minimum atomic E-state index is 0.410. The highest BCUT2D eigenvalue weighted by atomic mass is 14.3. The van der Waals surface area contributed by atoms with E-state index in [-0.39, 0.29) is 0 Å². The maximum Gasteiger partial charge on any atom is 0.0998 e. The number of benzene rings is 2. The standard InChI is InChI=1S/C15H11N/c1-2-10-8-11-4-3-5-13-12(9-16)6-7-14(10)15(11)13/h2-7,10H,1,8H2. The molecule has 3 rings (SSSR count). The Morgan fingerprint density at radius 2 is 2.19 bits per heavy atom. The molecule has 2 aromatic carbocycles. The van der Waals surface area contributed by atoms with E-state index < -0.39 is 0 Å². The molecule has 1 nitrogen and oxygen atoms in total. The first-order chi connectivity index (χ1) is 7.85. The second kappa shape index (κ2) is 3.21. The molecule has 1 heteroatoms. The second-order valence-corrected chi connectivity index (χ2v) is 4.20. The van der Waals surface area contributed by atoms with Gasteiger partial charge in [-0.25, -0.2) is 0 Å². The van der Waals surface area contributed by atoms with Gasteiger partial charge < -0.3 is 0 Å². The summed E-state index contributed by atoms with van der Waals surface area (Å²) in [6, 6.07) is 12.5. The van der Waals surface area contributed by atoms with Crippen molar-refractivity contribution in [2.24, 2.45) is 0 Å². The van der Waals surface area contributed by atoms with Gasteiger partial charge in [0.25, 0.3) is 0 Å². The molecule has 16 heavy (non-hydrogen) atoms. The fourth-order valence-corrected chi connectivity index (χ4v) is 2.65. The van der Waals surface area contributed by atoms with Crippen LogP contribution in [0.4, 0.5) is 0 Å². The predicted molar refractivity (Wildman–Crippen MR) is 65.3 cm³/mol. The lowest BCUT2D eigenvalue weighted by Crippen LogP contribution is -1.90. The molecule has 1 aliphatic rings. The highest BCUT2D eigenvalue weighted by molar-refractivity contribution is 5.95. The van der Waals surface area contributed by atoms with Crippen LogP contribution >= 0.6 is 0 Å². The molecule has 0 spiro atoms. The van der Waals surface area contributed by atoms with Gasteiger partial charge in [0.05, 0.1) is 11.6 Å². The van der Waals surface area contributed by atoms with E-state index in [4.69, 9.17) is 5.26 Å². The van der Waals surface area contributed by atoms with Gasteiger partial charge in [-0.15, -0.1) is 6.58 Å². The van der Waals surface area contributed by atoms with E-state index in [0.717, 1.165) is 17.4 Å². The number of nitrogens with zero attached hydrogens (tertiary/aromatic N) is 1. The lowest BCUT2D eigenvalue weighted by molar-refractivity contribution is 0.886. The van der Waals surface area contributed by atoms with Crippen LogP contribution in [0.1, 0.15) is 22.6 Å². The molecule has 2 aromatic rings. The van der Waals surface area contributed by atoms with Crippen molar-refractivity contribution in [3.63, 3.8) is 0 Å². The van der Waals surface area contributed by atoms with Crippen LogP contribution in [0.5, 0.6) is 0 Å². The minimum Gasteiger partial charge on any atom is -0.192 e. The molecule has 0 fully saturated rings. The van der Waals surface area contributed by atoms with Crippen LogP contribution < -0.4 is 0 Å². The summed E-state index contributed by atoms with van der Waals surface area (Å²) >= 11 is 0. The zero-order chi connectivity index (χ0) is 11.1. The molecule has 0 saturated heterocycles. The second-order valence-electron chi connectivity index (χ2n) is 4.20. The zero-order valence-corrected chi connectivity index (χ0v) is 8.90. The zero-order valence-electron chi connectivity index (χ0n) is 8.90. The van der Waals surface area contributed by atoms with Crippen LogP contribution in [0.2, 0.25) is 0 Å². The number of allylic oxidation sites excluding steroid dienone is 1. The van der Waals surface area contributed by atoms with E-state index in [2.05, 4.69) is 24.8 Å². The van der Waals surface area contributed by atoms with Crippen LogP contribution in [0.25, 0.3) is 10.8 Å². The van der Waals surface area contributed by atoms with Crippen LogP contribution in [0.15, 0.2) is 43.0 Å². The highest BCUT2D eigenvalue weighted by Gasteiger charge is 2.22. The molecule has 0 aliphatic heterocycles. The quantitative estimate of drug-likeness (QED) is 0.653. The summed E-state index contributed by atoms with van der Waals surface area (Å²) in [4.78, 5) is 0. The first-order valence-electron chi connectivity index (χ1n) is 5.42. The van der Waals surface area contributed by atoms with Crippen molar-refractivity contribution < 1.29 is 0 Å². The summed E-state index contributed by atoms with van der Waals surface area (Å²) in [5.41, 5.74) is 3.43. The van der Waals surface area contributed by atoms with Gasteiger partial charge in [0, 0.05) is 11.3 Å². The van der Waals surface area contributed by atoms with Crippen molar-refractivity contribution in [2.45, 2.75) is 12.3 Å². The molecule has 0 amide bonds. The van der Waals surface area contributed by atoms with Crippen molar-refractivity contribution in [1.29, 1.82) is 5.26 Å². The Bertz CT molecular complexity index is 632. The molecular formula is C15H11N. The SMILES string of the molecule is C=CC1Cc2cccc3c(C#N)ccc1c23. The van der Waals surface area contributed by atoms with E-state index in [1.165, 1.54) is 16.5 Å². The van der Waals surface area contributed by atoms with Gasteiger partial charge in [-0.2, -0.15) is 5.26 Å². The molecule has 1 atom stereocenters. The summed E-state index contributed by atoms with van der Waals surface area (Å²) in [6.07, 6.45) is 3.02. The lowest BCUT2D eigenvalue weighted by Gasteiger charge is -2.05. The largest absolute Gasteiger partial charge is 0.192 e. The summed E-state index contributed by atoms with van der Waals surface area (Å²) in [5, 5.41) is 11.4. The Morgan fingerprint density at radius 3 is 2.94 bits per heavy atom. The summed E-state index contributed by atoms with van der Waals surface area (Å²) in [6.45, 7) is 3.89. The van der Waals surface area contributed by atoms with E-state index in [1.807, 2.05) is 24.3 Å². The summed E-state index contributed by atoms with van der Waals surface area (Å²) in [7, 11) is 0. The normalized spacial score (nSPS) is 17.3. The van der Waals surface area contributed by atoms with Crippen molar-refractivity contribution in [2.75, 3.05) is 0 Å². The molecule has 0 radical (unpaired) electrons. The maximum atomic E-state index is 9.09. The molecular weight excluding hydrogens is 194 g/mol. The number of rotatable bonds is 1. The van der Waals surface area contributed by atoms with Gasteiger partial charge in [-0.1, -0.05) is 30.3 Å². The molecule has 0 saturated carbocycles. The predicted octanol–water partition coefficient (Wildman–Crippen LogP) is 3.54. The number of hydrogen-bond donors (Lipinski definition) is 0. The molecule has 1 unspecified atom stereocenters. The Hall–Kier alpha value is -2.07. The Morgan fingerprint density at radius 1 is 1.31 bits per heavy atom. The first kappa shape index (κ1) is 9.18. The van der Waals surface area contributed by atoms with Crippen LogP contribution in [-0.2, 0) is 6.42 Å². The van der Waals surface area contributed by atoms with E-state index in [1.54, 1.807) is 0 Å². The van der Waals surface area contributed by atoms with Gasteiger partial charge in [0.15, 0.2) is 0 Å². The van der Waals surface area contributed by atoms with Crippen molar-refractivity contribution in [3.05, 3.63) is 59.7 Å². The van der Waals surface area contributed by atoms with Gasteiger partial charge >= 0.3 is 0 Å². The summed E-state index contributed by atoms with van der Waals surface area (Å²) in [5.74, 6) is 0.410. The molecule has 0 aromatic heterocycles. The topological polar surface area (TPSA) is 23.8 Å². The highest BCUT2D eigenvalue weighted by Crippen LogP contribution is 2.39. The smallest absolute Gasteiger partial charge is 0.0998 e. The Balaban J connectivity index is 2.46. The average molecular weight is 205 g/mol. The van der Waals surface area contributed by atoms with Gasteiger partial charge in [-0.05, 0) is 29.0 Å². The fraction of sp³-hybridized carbons (Fsp3) is 0.133. The van der Waals surface area contributed by atoms with Crippen LogP contribution in [-0.4, -0.2) is 0 Å². The first-order valence-corrected chi connectivity index (χ1v) is 5.42. The van der Waals surface area contributed by atoms with Crippen molar-refractivity contribution >= 4 is 10.8 Å². The lowest BCUT2D eigenvalue weighted by atomic mass is 9.98.